The molecule has 0 aliphatic carbocycles. The molecule has 148 valence electrons. The van der Waals surface area contributed by atoms with Crippen LogP contribution < -0.4 is 5.32 Å². The van der Waals surface area contributed by atoms with Crippen LogP contribution in [0.1, 0.15) is 30.3 Å². The van der Waals surface area contributed by atoms with Gasteiger partial charge in [-0.1, -0.05) is 30.3 Å². The zero-order valence-corrected chi connectivity index (χ0v) is 16.6. The molecule has 5 rings (SSSR count). The maximum Gasteiger partial charge on any atom is 0.246 e. The van der Waals surface area contributed by atoms with Crippen LogP contribution >= 0.6 is 0 Å². The number of aromatic nitrogens is 2. The fraction of sp³-hybridized carbons (Fsp3) is 0.500. The minimum Gasteiger partial charge on any atom is -0.375 e. The van der Waals surface area contributed by atoms with Gasteiger partial charge in [0.05, 0.1) is 5.69 Å². The van der Waals surface area contributed by atoms with Gasteiger partial charge in [0.25, 0.3) is 0 Å². The maximum atomic E-state index is 11.7. The standard InChI is InChI=1S/C22H28N4O2/c1-15-24-20(16-6-4-3-5-7-16)11-21(25-15)19-13-26-9-8-17(19)10-18(26)12-23-22(27)14-28-2/h3-7,11,17-19H,8-10,12-14H2,1-2H3,(H,23,27)/t17-,18+,19+/m0/s1. The molecule has 3 saturated heterocycles. The second kappa shape index (κ2) is 8.37. The highest BCUT2D eigenvalue weighted by atomic mass is 16.5. The Morgan fingerprint density at radius 1 is 1.29 bits per heavy atom. The zero-order chi connectivity index (χ0) is 19.5. The zero-order valence-electron chi connectivity index (χ0n) is 16.6. The molecule has 3 fully saturated rings. The molecule has 1 aromatic carbocycles. The lowest BCUT2D eigenvalue weighted by molar-refractivity contribution is -0.125. The number of benzene rings is 1. The highest BCUT2D eigenvalue weighted by Gasteiger charge is 2.41. The van der Waals surface area contributed by atoms with Crippen molar-refractivity contribution in [2.24, 2.45) is 5.92 Å². The second-order valence-electron chi connectivity index (χ2n) is 7.87. The smallest absolute Gasteiger partial charge is 0.246 e. The number of methoxy groups -OCH3 is 1. The number of nitrogens with zero attached hydrogens (tertiary/aromatic N) is 3. The molecular formula is C22H28N4O2. The van der Waals surface area contributed by atoms with E-state index in [-0.39, 0.29) is 12.5 Å². The molecule has 2 aromatic rings. The highest BCUT2D eigenvalue weighted by Crippen LogP contribution is 2.41. The number of hydrogen-bond donors (Lipinski definition) is 1. The van der Waals surface area contributed by atoms with Crippen LogP contribution in [0.15, 0.2) is 36.4 Å². The van der Waals surface area contributed by atoms with Crippen molar-refractivity contribution < 1.29 is 9.53 Å². The topological polar surface area (TPSA) is 67.3 Å². The van der Waals surface area contributed by atoms with Crippen molar-refractivity contribution >= 4 is 5.91 Å². The summed E-state index contributed by atoms with van der Waals surface area (Å²) in [4.78, 5) is 23.7. The number of fused-ring (bicyclic) bond motifs is 3. The van der Waals surface area contributed by atoms with Crippen LogP contribution in [0.4, 0.5) is 0 Å². The van der Waals surface area contributed by atoms with Gasteiger partial charge in [0.15, 0.2) is 0 Å². The first-order valence-electron chi connectivity index (χ1n) is 10.0. The number of nitrogens with one attached hydrogen (secondary N) is 1. The fourth-order valence-corrected chi connectivity index (χ4v) is 4.64. The molecule has 6 nitrogen and oxygen atoms in total. The Morgan fingerprint density at radius 2 is 2.11 bits per heavy atom. The number of ether oxygens (including phenoxy) is 1. The van der Waals surface area contributed by atoms with Gasteiger partial charge in [0.1, 0.15) is 12.4 Å². The molecule has 2 bridgehead atoms. The molecule has 28 heavy (non-hydrogen) atoms. The number of rotatable bonds is 6. The monoisotopic (exact) mass is 380 g/mol. The van der Waals surface area contributed by atoms with Crippen LogP contribution in [-0.4, -0.2) is 60.2 Å². The summed E-state index contributed by atoms with van der Waals surface area (Å²) in [6, 6.07) is 12.9. The van der Waals surface area contributed by atoms with E-state index in [1.54, 1.807) is 7.11 Å². The number of piperidine rings is 3. The molecular weight excluding hydrogens is 352 g/mol. The van der Waals surface area contributed by atoms with Crippen molar-refractivity contribution in [1.29, 1.82) is 0 Å². The van der Waals surface area contributed by atoms with Gasteiger partial charge in [0.2, 0.25) is 5.91 Å². The van der Waals surface area contributed by atoms with E-state index in [2.05, 4.69) is 33.4 Å². The SMILES string of the molecule is COCC(=O)NC[C@H]1C[C@@H]2CCN1C[C@H]2c1cc(-c2ccccc2)nc(C)n1. The van der Waals surface area contributed by atoms with Gasteiger partial charge in [-0.05, 0) is 38.3 Å². The number of hydrogen-bond acceptors (Lipinski definition) is 5. The van der Waals surface area contributed by atoms with Crippen molar-refractivity contribution in [3.05, 3.63) is 47.9 Å². The Kier molecular flexibility index (Phi) is 5.69. The van der Waals surface area contributed by atoms with Crippen molar-refractivity contribution in [2.75, 3.05) is 33.4 Å². The van der Waals surface area contributed by atoms with E-state index in [4.69, 9.17) is 9.72 Å². The second-order valence-corrected chi connectivity index (χ2v) is 7.87. The third-order valence-electron chi connectivity index (χ3n) is 6.00. The first kappa shape index (κ1) is 19.0. The van der Waals surface area contributed by atoms with Gasteiger partial charge in [0, 0.05) is 43.4 Å². The highest BCUT2D eigenvalue weighted by molar-refractivity contribution is 5.77. The summed E-state index contributed by atoms with van der Waals surface area (Å²) in [6.45, 7) is 4.90. The Bertz CT molecular complexity index is 827. The third-order valence-corrected chi connectivity index (χ3v) is 6.00. The van der Waals surface area contributed by atoms with E-state index in [0.717, 1.165) is 42.3 Å². The van der Waals surface area contributed by atoms with Gasteiger partial charge in [-0.25, -0.2) is 9.97 Å². The Balaban J connectivity index is 1.48. The lowest BCUT2D eigenvalue weighted by Gasteiger charge is -2.49. The van der Waals surface area contributed by atoms with E-state index in [0.29, 0.717) is 24.4 Å². The van der Waals surface area contributed by atoms with Crippen LogP contribution in [0.25, 0.3) is 11.3 Å². The van der Waals surface area contributed by atoms with E-state index >= 15 is 0 Å². The minimum absolute atomic E-state index is 0.0411. The summed E-state index contributed by atoms with van der Waals surface area (Å²) in [7, 11) is 1.55. The predicted octanol–water partition coefficient (Wildman–Crippen LogP) is 2.39. The third kappa shape index (κ3) is 4.08. The number of amides is 1. The first-order chi connectivity index (χ1) is 13.6. The number of carbonyl (C=O) groups is 1. The molecule has 0 radical (unpaired) electrons. The molecule has 1 amide bonds. The molecule has 1 unspecified atom stereocenters. The molecule has 4 atom stereocenters. The summed E-state index contributed by atoms with van der Waals surface area (Å²) in [5.74, 6) is 1.83. The molecule has 0 saturated carbocycles. The van der Waals surface area contributed by atoms with E-state index in [9.17, 15) is 4.79 Å². The van der Waals surface area contributed by atoms with E-state index in [1.165, 1.54) is 6.42 Å². The van der Waals surface area contributed by atoms with Crippen LogP contribution in [0.2, 0.25) is 0 Å². The van der Waals surface area contributed by atoms with Gasteiger partial charge < -0.3 is 10.1 Å². The first-order valence-corrected chi connectivity index (χ1v) is 10.0. The van der Waals surface area contributed by atoms with Gasteiger partial charge >= 0.3 is 0 Å². The fourth-order valence-electron chi connectivity index (χ4n) is 4.64. The lowest BCUT2D eigenvalue weighted by Crippen LogP contribution is -2.56. The summed E-state index contributed by atoms with van der Waals surface area (Å²) >= 11 is 0. The maximum absolute atomic E-state index is 11.7. The number of carbonyl (C=O) groups excluding carboxylic acids is 1. The molecule has 1 N–H and O–H groups in total. The van der Waals surface area contributed by atoms with Crippen LogP contribution in [-0.2, 0) is 9.53 Å². The Labute approximate surface area is 166 Å². The van der Waals surface area contributed by atoms with Crippen molar-refractivity contribution in [3.63, 3.8) is 0 Å². The molecule has 1 aromatic heterocycles. The number of aryl methyl sites for hydroxylation is 1. The largest absolute Gasteiger partial charge is 0.375 e. The summed E-state index contributed by atoms with van der Waals surface area (Å²) in [5.41, 5.74) is 3.29. The molecule has 4 heterocycles. The van der Waals surface area contributed by atoms with Crippen molar-refractivity contribution in [1.82, 2.24) is 20.2 Å². The van der Waals surface area contributed by atoms with Crippen LogP contribution in [0.5, 0.6) is 0 Å². The van der Waals surface area contributed by atoms with Crippen LogP contribution in [0.3, 0.4) is 0 Å². The Hall–Kier alpha value is -2.31. The van der Waals surface area contributed by atoms with E-state index < -0.39 is 0 Å². The molecule has 3 aliphatic heterocycles. The van der Waals surface area contributed by atoms with Gasteiger partial charge in [-0.2, -0.15) is 0 Å². The molecule has 6 heteroatoms. The minimum atomic E-state index is -0.0411. The van der Waals surface area contributed by atoms with E-state index in [1.807, 2.05) is 25.1 Å². The summed E-state index contributed by atoms with van der Waals surface area (Å²) in [6.07, 6.45) is 2.29. The van der Waals surface area contributed by atoms with Crippen LogP contribution in [0, 0.1) is 12.8 Å². The summed E-state index contributed by atoms with van der Waals surface area (Å²) < 4.78 is 4.90. The van der Waals surface area contributed by atoms with Crippen molar-refractivity contribution in [2.45, 2.75) is 31.7 Å². The molecule has 0 spiro atoms. The predicted molar refractivity (Wildman–Crippen MR) is 108 cm³/mol. The average Bonchev–Trinajstić information content (AvgIpc) is 2.73. The molecule has 3 aliphatic rings. The Morgan fingerprint density at radius 3 is 2.82 bits per heavy atom. The van der Waals surface area contributed by atoms with Gasteiger partial charge in [-0.3, -0.25) is 9.69 Å². The van der Waals surface area contributed by atoms with Gasteiger partial charge in [-0.15, -0.1) is 0 Å². The average molecular weight is 380 g/mol. The lowest BCUT2D eigenvalue weighted by atomic mass is 9.74. The normalized spacial score (nSPS) is 26.2. The quantitative estimate of drug-likeness (QED) is 0.834. The van der Waals surface area contributed by atoms with Crippen molar-refractivity contribution in [3.8, 4) is 11.3 Å². The summed E-state index contributed by atoms with van der Waals surface area (Å²) in [5, 5.41) is 3.00.